The first-order valence-corrected chi connectivity index (χ1v) is 10.5. The molecule has 9 heteroatoms. The molecule has 22 heavy (non-hydrogen) atoms. The fourth-order valence-corrected chi connectivity index (χ4v) is 4.36. The molecular formula is C13H26BCeO4PS2. The van der Waals surface area contributed by atoms with Gasteiger partial charge in [-0.1, -0.05) is 56.2 Å². The van der Waals surface area contributed by atoms with Gasteiger partial charge in [0.1, 0.15) is 26.0 Å². The molecule has 5 atom stereocenters. The van der Waals surface area contributed by atoms with Gasteiger partial charge in [0.25, 0.3) is 0 Å². The monoisotopic (exact) mass is 493 g/mol. The number of hydrogen-bond acceptors (Lipinski definition) is 6. The minimum Gasteiger partial charge on any atom is -0.379 e. The van der Waals surface area contributed by atoms with E-state index >= 15 is 0 Å². The number of rotatable bonds is 7. The van der Waals surface area contributed by atoms with E-state index in [4.69, 9.17) is 23.2 Å². The molecule has 1 aliphatic rings. The number of hydrogen-bond donors (Lipinski definition) is 1. The Morgan fingerprint density at radius 3 is 2.55 bits per heavy atom. The van der Waals surface area contributed by atoms with E-state index in [1.807, 2.05) is 13.8 Å². The van der Waals surface area contributed by atoms with Crippen LogP contribution >= 0.6 is 30.0 Å². The van der Waals surface area contributed by atoms with Gasteiger partial charge >= 0.3 is 0 Å². The van der Waals surface area contributed by atoms with Crippen molar-refractivity contribution in [3.8, 4) is 0 Å². The summed E-state index contributed by atoms with van der Waals surface area (Å²) in [5.74, 6) is 0.458. The van der Waals surface area contributed by atoms with E-state index in [0.717, 1.165) is 0 Å². The van der Waals surface area contributed by atoms with Gasteiger partial charge in [-0.2, -0.15) is 0 Å². The third kappa shape index (κ3) is 8.68. The Balaban J connectivity index is 0.00000484. The van der Waals surface area contributed by atoms with E-state index in [0.29, 0.717) is 5.94 Å². The van der Waals surface area contributed by atoms with Crippen molar-refractivity contribution in [1.29, 1.82) is 0 Å². The van der Waals surface area contributed by atoms with Crippen LogP contribution in [0.1, 0.15) is 42.9 Å². The van der Waals surface area contributed by atoms with Crippen molar-refractivity contribution in [2.45, 2.75) is 76.2 Å². The third-order valence-electron chi connectivity index (χ3n) is 2.63. The summed E-state index contributed by atoms with van der Waals surface area (Å²) in [6.45, 7) is 10.2. The van der Waals surface area contributed by atoms with E-state index in [1.165, 1.54) is 0 Å². The zero-order valence-electron chi connectivity index (χ0n) is 14.8. The maximum atomic E-state index is 10.0. The summed E-state index contributed by atoms with van der Waals surface area (Å²) in [5.41, 5.74) is 0.0182. The van der Waals surface area contributed by atoms with Crippen LogP contribution in [0.25, 0.3) is 0 Å². The zero-order chi connectivity index (χ0) is 16.9. The summed E-state index contributed by atoms with van der Waals surface area (Å²) in [7, 11) is 7.72. The first kappa shape index (κ1) is 22.5. The molecule has 0 amide bonds. The summed E-state index contributed by atoms with van der Waals surface area (Å²) in [4.78, 5) is 10.0. The van der Waals surface area contributed by atoms with Gasteiger partial charge in [0, 0.05) is 59.5 Å². The molecule has 0 aliphatic carbocycles. The fourth-order valence-electron chi connectivity index (χ4n) is 1.63. The number of ether oxygens (including phenoxy) is 2. The largest absolute Gasteiger partial charge is 0.379 e. The summed E-state index contributed by atoms with van der Waals surface area (Å²) in [5, 5.41) is 0. The van der Waals surface area contributed by atoms with E-state index in [-0.39, 0.29) is 59.1 Å². The Hall–Kier alpha value is 2.41. The molecule has 0 aromatic heterocycles. The van der Waals surface area contributed by atoms with Gasteiger partial charge in [0.15, 0.2) is 8.38 Å². The van der Waals surface area contributed by atoms with E-state index in [2.05, 4.69) is 20.8 Å². The Morgan fingerprint density at radius 1 is 1.41 bits per heavy atom. The van der Waals surface area contributed by atoms with Gasteiger partial charge in [-0.05, 0) is 6.90 Å². The average molecular weight is 493 g/mol. The molecule has 0 aromatic carbocycles. The normalized spacial score (nSPS) is 31.0. The summed E-state index contributed by atoms with van der Waals surface area (Å²) < 4.78 is 24.8. The van der Waals surface area contributed by atoms with Crippen LogP contribution in [-0.2, 0) is 14.0 Å². The minimum atomic E-state index is -1.58. The van der Waals surface area contributed by atoms with Crippen molar-refractivity contribution in [3.63, 3.8) is 0 Å². The van der Waals surface area contributed by atoms with Crippen LogP contribution in [0.4, 0.5) is 0 Å². The minimum absolute atomic E-state index is 0. The SMILES string of the molecule is [2H]C[C@H]1O[C@@H]([B])[C@@H](OCSSC(C)(C)C)C1OP(O)C(C)C.[Ce]. The molecule has 126 valence electrons. The molecule has 2 radical (unpaired) electrons. The molecule has 2 unspecified atom stereocenters. The van der Waals surface area contributed by atoms with Crippen molar-refractivity contribution in [1.82, 2.24) is 0 Å². The van der Waals surface area contributed by atoms with Gasteiger partial charge in [-0.15, -0.1) is 0 Å². The van der Waals surface area contributed by atoms with E-state index < -0.39 is 32.7 Å². The van der Waals surface area contributed by atoms with Crippen molar-refractivity contribution in [3.05, 3.63) is 0 Å². The van der Waals surface area contributed by atoms with Gasteiger partial charge in [0.05, 0.1) is 6.10 Å². The van der Waals surface area contributed by atoms with Crippen LogP contribution in [-0.4, -0.2) is 53.4 Å². The third-order valence-corrected chi connectivity index (χ3v) is 6.97. The quantitative estimate of drug-likeness (QED) is 0.193. The molecule has 0 aromatic rings. The maximum Gasteiger partial charge on any atom is 0.170 e. The second-order valence-corrected chi connectivity index (χ2v) is 11.1. The van der Waals surface area contributed by atoms with Crippen LogP contribution in [0.2, 0.25) is 0 Å². The predicted molar refractivity (Wildman–Crippen MR) is 93.9 cm³/mol. The molecule has 1 saturated heterocycles. The van der Waals surface area contributed by atoms with Crippen LogP contribution in [0.5, 0.6) is 0 Å². The molecule has 4 nitrogen and oxygen atoms in total. The Bertz CT molecular complexity index is 342. The summed E-state index contributed by atoms with van der Waals surface area (Å²) >= 11 is 0. The van der Waals surface area contributed by atoms with Crippen molar-refractivity contribution >= 4 is 37.8 Å². The van der Waals surface area contributed by atoms with Crippen molar-refractivity contribution in [2.75, 3.05) is 5.94 Å². The Labute approximate surface area is 180 Å². The van der Waals surface area contributed by atoms with Crippen LogP contribution < -0.4 is 0 Å². The molecule has 1 fully saturated rings. The smallest absolute Gasteiger partial charge is 0.170 e. The van der Waals surface area contributed by atoms with E-state index in [9.17, 15) is 4.89 Å². The Morgan fingerprint density at radius 2 is 2.05 bits per heavy atom. The standard InChI is InChI=1S/C13H26BO4PS2.Ce/c1-8(2)19(15)18-10-9(3)17-12(14)11(10)16-7-20-21-13(4,5)6;/h8-12,15H,7H2,1-6H3;/t9-,10?,11+,12-,19?;/m1./s1/i3D;. The molecule has 0 bridgehead atoms. The average Bonchev–Trinajstić information content (AvgIpc) is 2.69. The first-order chi connectivity index (χ1) is 10.2. The first-order valence-electron chi connectivity index (χ1n) is 7.64. The molecular weight excluding hydrogens is 466 g/mol. The van der Waals surface area contributed by atoms with Crippen LogP contribution in [0.3, 0.4) is 0 Å². The maximum absolute atomic E-state index is 10.0. The van der Waals surface area contributed by atoms with Gasteiger partial charge < -0.3 is 18.9 Å². The summed E-state index contributed by atoms with van der Waals surface area (Å²) in [6, 6.07) is -0.629. The Kier molecular flexibility index (Phi) is 11.4. The second kappa shape index (κ2) is 11.2. The molecule has 1 heterocycles. The van der Waals surface area contributed by atoms with Crippen LogP contribution in [0, 0.1) is 41.7 Å². The molecule has 1 N–H and O–H groups in total. The topological polar surface area (TPSA) is 47.9 Å². The van der Waals surface area contributed by atoms with E-state index in [1.54, 1.807) is 21.6 Å². The molecule has 1 aliphatic heterocycles. The zero-order valence-corrected chi connectivity index (χ0v) is 19.5. The van der Waals surface area contributed by atoms with Crippen LogP contribution in [0.15, 0.2) is 0 Å². The fraction of sp³-hybridized carbons (Fsp3) is 1.00. The molecule has 0 spiro atoms. The second-order valence-electron chi connectivity index (χ2n) is 6.17. The van der Waals surface area contributed by atoms with Crippen molar-refractivity contribution < 1.29 is 62.0 Å². The molecule has 1 rings (SSSR count). The predicted octanol–water partition coefficient (Wildman–Crippen LogP) is 3.52. The van der Waals surface area contributed by atoms with Gasteiger partial charge in [0.2, 0.25) is 0 Å². The van der Waals surface area contributed by atoms with Gasteiger partial charge in [-0.25, -0.2) is 0 Å². The van der Waals surface area contributed by atoms with Crippen molar-refractivity contribution in [2.24, 2.45) is 0 Å². The molecule has 0 saturated carbocycles. The summed E-state index contributed by atoms with van der Waals surface area (Å²) in [6.07, 6.45) is -1.42. The van der Waals surface area contributed by atoms with Gasteiger partial charge in [-0.3, -0.25) is 0 Å².